The number of carboxylic acid groups (broad SMARTS) is 1. The molecule has 0 unspecified atom stereocenters. The Balaban J connectivity index is 2.11. The van der Waals surface area contributed by atoms with Gasteiger partial charge in [-0.15, -0.1) is 0 Å². The molecule has 0 bridgehead atoms. The number of hydrogen-bond acceptors (Lipinski definition) is 2. The molecule has 0 radical (unpaired) electrons. The van der Waals surface area contributed by atoms with Crippen LogP contribution in [0.5, 0.6) is 0 Å². The molecular formula is C32H59NO3. The number of rotatable bonds is 25. The van der Waals surface area contributed by atoms with Gasteiger partial charge in [0.15, 0.2) is 0 Å². The van der Waals surface area contributed by atoms with E-state index < -0.39 is 11.9 Å². The fourth-order valence-electron chi connectivity index (χ4n) is 5.58. The van der Waals surface area contributed by atoms with Crippen molar-refractivity contribution in [2.45, 2.75) is 168 Å². The largest absolute Gasteiger partial charge is 0.481 e. The van der Waals surface area contributed by atoms with Crippen molar-refractivity contribution in [1.82, 2.24) is 4.90 Å². The molecule has 0 spiro atoms. The zero-order valence-corrected chi connectivity index (χ0v) is 24.0. The lowest BCUT2D eigenvalue weighted by molar-refractivity contribution is -0.142. The van der Waals surface area contributed by atoms with E-state index >= 15 is 0 Å². The number of carboxylic acids is 1. The average Bonchev–Trinajstić information content (AvgIpc) is 3.18. The van der Waals surface area contributed by atoms with Crippen LogP contribution in [0.1, 0.15) is 162 Å². The molecule has 0 aromatic heterocycles. The van der Waals surface area contributed by atoms with Gasteiger partial charge >= 0.3 is 5.97 Å². The molecule has 0 saturated carbocycles. The number of carbonyl (C=O) groups is 2. The number of aliphatic carboxylic acids is 1. The Kier molecular flexibility index (Phi) is 20.8. The number of likely N-dealkylation sites (tertiary alicyclic amines) is 1. The summed E-state index contributed by atoms with van der Waals surface area (Å²) < 4.78 is 0. The molecule has 1 heterocycles. The summed E-state index contributed by atoms with van der Waals surface area (Å²) in [5.74, 6) is -1.24. The highest BCUT2D eigenvalue weighted by molar-refractivity contribution is 5.87. The minimum atomic E-state index is -0.792. The van der Waals surface area contributed by atoms with Crippen molar-refractivity contribution < 1.29 is 14.7 Å². The molecule has 1 aliphatic heterocycles. The Morgan fingerprint density at radius 2 is 1.17 bits per heavy atom. The second kappa shape index (κ2) is 22.8. The summed E-state index contributed by atoms with van der Waals surface area (Å²) >= 11 is 0. The molecule has 1 N–H and O–H groups in total. The highest BCUT2D eigenvalue weighted by Crippen LogP contribution is 2.30. The van der Waals surface area contributed by atoms with Crippen molar-refractivity contribution in [3.05, 3.63) is 12.2 Å². The number of nitrogens with zero attached hydrogens (tertiary/aromatic N) is 1. The first-order chi connectivity index (χ1) is 17.6. The molecule has 4 heteroatoms. The van der Waals surface area contributed by atoms with Crippen molar-refractivity contribution in [2.75, 3.05) is 6.54 Å². The van der Waals surface area contributed by atoms with Gasteiger partial charge in [-0.25, -0.2) is 0 Å². The predicted molar refractivity (Wildman–Crippen MR) is 153 cm³/mol. The highest BCUT2D eigenvalue weighted by Gasteiger charge is 2.42. The van der Waals surface area contributed by atoms with Crippen molar-refractivity contribution in [1.29, 1.82) is 0 Å². The van der Waals surface area contributed by atoms with Gasteiger partial charge in [0.2, 0.25) is 5.91 Å². The summed E-state index contributed by atoms with van der Waals surface area (Å²) in [5.41, 5.74) is 0. The van der Waals surface area contributed by atoms with Crippen LogP contribution in [-0.2, 0) is 9.59 Å². The summed E-state index contributed by atoms with van der Waals surface area (Å²) in [6.07, 6.45) is 32.2. The SMILES string of the molecule is CCCCCCCC/C=C\CCCCCCCCN1C(=O)C[C@H](C(=O)O)[C@H]1CCCCCCCCC. The molecule has 1 rings (SSSR count). The van der Waals surface area contributed by atoms with E-state index in [4.69, 9.17) is 0 Å². The third-order valence-corrected chi connectivity index (χ3v) is 7.91. The van der Waals surface area contributed by atoms with Crippen LogP contribution < -0.4 is 0 Å². The molecule has 0 aromatic carbocycles. The normalized spacial score (nSPS) is 18.1. The van der Waals surface area contributed by atoms with E-state index in [1.807, 2.05) is 4.90 Å². The van der Waals surface area contributed by atoms with E-state index in [0.717, 1.165) is 38.6 Å². The van der Waals surface area contributed by atoms with E-state index in [1.54, 1.807) is 0 Å². The van der Waals surface area contributed by atoms with Gasteiger partial charge in [0, 0.05) is 19.0 Å². The summed E-state index contributed by atoms with van der Waals surface area (Å²) in [5, 5.41) is 9.65. The van der Waals surface area contributed by atoms with Gasteiger partial charge in [-0.2, -0.15) is 0 Å². The van der Waals surface area contributed by atoms with E-state index in [0.29, 0.717) is 0 Å². The summed E-state index contributed by atoms with van der Waals surface area (Å²) in [6.45, 7) is 5.24. The third kappa shape index (κ3) is 15.7. The van der Waals surface area contributed by atoms with Crippen molar-refractivity contribution in [2.24, 2.45) is 5.92 Å². The fourth-order valence-corrected chi connectivity index (χ4v) is 5.58. The molecule has 0 aromatic rings. The molecule has 1 fully saturated rings. The lowest BCUT2D eigenvalue weighted by Crippen LogP contribution is -2.38. The molecule has 210 valence electrons. The van der Waals surface area contributed by atoms with Gasteiger partial charge in [-0.05, 0) is 38.5 Å². The summed E-state index contributed by atoms with van der Waals surface area (Å²) in [7, 11) is 0. The Labute approximate surface area is 223 Å². The maximum absolute atomic E-state index is 12.6. The molecule has 2 atom stereocenters. The number of amides is 1. The van der Waals surface area contributed by atoms with Crippen LogP contribution in [0.2, 0.25) is 0 Å². The first-order valence-corrected chi connectivity index (χ1v) is 15.8. The van der Waals surface area contributed by atoms with Crippen LogP contribution in [0.15, 0.2) is 12.2 Å². The van der Waals surface area contributed by atoms with Gasteiger partial charge in [-0.1, -0.05) is 129 Å². The van der Waals surface area contributed by atoms with E-state index in [2.05, 4.69) is 26.0 Å². The standard InChI is InChI=1S/C32H59NO3/c1-3-5-7-9-11-12-13-14-15-16-17-18-19-21-23-25-27-33-30(29(32(35)36)28-31(33)34)26-24-22-20-10-8-6-4-2/h14-15,29-30H,3-13,16-28H2,1-2H3,(H,35,36)/b15-14-/t29-,30+/m0/s1. The fraction of sp³-hybridized carbons (Fsp3) is 0.875. The van der Waals surface area contributed by atoms with Gasteiger partial charge in [0.25, 0.3) is 0 Å². The molecule has 1 amide bonds. The number of hydrogen-bond donors (Lipinski definition) is 1. The van der Waals surface area contributed by atoms with Crippen LogP contribution in [0, 0.1) is 5.92 Å². The highest BCUT2D eigenvalue weighted by atomic mass is 16.4. The van der Waals surface area contributed by atoms with Gasteiger partial charge < -0.3 is 10.0 Å². The van der Waals surface area contributed by atoms with Gasteiger partial charge in [0.1, 0.15) is 0 Å². The molecule has 1 aliphatic rings. The first kappa shape index (κ1) is 32.7. The maximum Gasteiger partial charge on any atom is 0.309 e. The number of allylic oxidation sites excluding steroid dienone is 2. The Morgan fingerprint density at radius 3 is 1.67 bits per heavy atom. The number of carbonyl (C=O) groups excluding carboxylic acids is 1. The van der Waals surface area contributed by atoms with Crippen LogP contribution in [0.25, 0.3) is 0 Å². The van der Waals surface area contributed by atoms with Crippen molar-refractivity contribution in [3.63, 3.8) is 0 Å². The molecule has 36 heavy (non-hydrogen) atoms. The minimum Gasteiger partial charge on any atom is -0.481 e. The number of unbranched alkanes of at least 4 members (excludes halogenated alkanes) is 18. The monoisotopic (exact) mass is 505 g/mol. The van der Waals surface area contributed by atoms with E-state index in [9.17, 15) is 14.7 Å². The average molecular weight is 506 g/mol. The maximum atomic E-state index is 12.6. The topological polar surface area (TPSA) is 57.6 Å². The quantitative estimate of drug-likeness (QED) is 0.0992. The van der Waals surface area contributed by atoms with Crippen LogP contribution in [0.3, 0.4) is 0 Å². The molecular weight excluding hydrogens is 446 g/mol. The summed E-state index contributed by atoms with van der Waals surface area (Å²) in [6, 6.07) is -0.0891. The predicted octanol–water partition coefficient (Wildman–Crippen LogP) is 9.47. The minimum absolute atomic E-state index is 0.0584. The second-order valence-electron chi connectivity index (χ2n) is 11.2. The Bertz CT molecular complexity index is 574. The van der Waals surface area contributed by atoms with Crippen LogP contribution in [0.4, 0.5) is 0 Å². The van der Waals surface area contributed by atoms with Gasteiger partial charge in [-0.3, -0.25) is 9.59 Å². The van der Waals surface area contributed by atoms with E-state index in [-0.39, 0.29) is 18.4 Å². The third-order valence-electron chi connectivity index (χ3n) is 7.91. The zero-order valence-electron chi connectivity index (χ0n) is 24.0. The van der Waals surface area contributed by atoms with Crippen molar-refractivity contribution >= 4 is 11.9 Å². The molecule has 4 nitrogen and oxygen atoms in total. The second-order valence-corrected chi connectivity index (χ2v) is 11.2. The summed E-state index contributed by atoms with van der Waals surface area (Å²) in [4.78, 5) is 26.2. The van der Waals surface area contributed by atoms with Crippen LogP contribution in [-0.4, -0.2) is 34.5 Å². The van der Waals surface area contributed by atoms with Gasteiger partial charge in [0.05, 0.1) is 5.92 Å². The smallest absolute Gasteiger partial charge is 0.309 e. The zero-order chi connectivity index (χ0) is 26.3. The Hall–Kier alpha value is -1.32. The Morgan fingerprint density at radius 1 is 0.722 bits per heavy atom. The van der Waals surface area contributed by atoms with Crippen LogP contribution >= 0.6 is 0 Å². The van der Waals surface area contributed by atoms with Crippen molar-refractivity contribution in [3.8, 4) is 0 Å². The lowest BCUT2D eigenvalue weighted by atomic mass is 9.94. The lowest BCUT2D eigenvalue weighted by Gasteiger charge is -2.27. The molecule has 0 aliphatic carbocycles. The first-order valence-electron chi connectivity index (χ1n) is 15.8. The van der Waals surface area contributed by atoms with E-state index in [1.165, 1.54) is 109 Å². The molecule has 1 saturated heterocycles.